The molecule has 2 heterocycles. The number of fused-ring (bicyclic) bond motifs is 2. The monoisotopic (exact) mass is 1200 g/mol. The van der Waals surface area contributed by atoms with E-state index in [4.69, 9.17) is 51.8 Å². The number of esters is 2. The lowest BCUT2D eigenvalue weighted by molar-refractivity contribution is 0.0522. The van der Waals surface area contributed by atoms with E-state index in [1.807, 2.05) is 26.8 Å². The summed E-state index contributed by atoms with van der Waals surface area (Å²) >= 11 is 3.54. The predicted octanol–water partition coefficient (Wildman–Crippen LogP) is 14.9. The van der Waals surface area contributed by atoms with Crippen molar-refractivity contribution < 1.29 is 65.2 Å². The summed E-state index contributed by atoms with van der Waals surface area (Å²) in [6, 6.07) is 5.88. The van der Waals surface area contributed by atoms with Crippen LogP contribution in [0.25, 0.3) is 0 Å². The fraction of sp³-hybridized carbons (Fsp3) is 0.636. The van der Waals surface area contributed by atoms with Gasteiger partial charge in [-0.3, -0.25) is 9.13 Å². The molecule has 428 valence electrons. The summed E-state index contributed by atoms with van der Waals surface area (Å²) in [7, 11) is -5.99. The average Bonchev–Trinajstić information content (AvgIpc) is 3.93. The minimum atomic E-state index is -3.58. The zero-order chi connectivity index (χ0) is 56.7. The number of halogens is 1. The molecule has 1 atom stereocenters. The van der Waals surface area contributed by atoms with Crippen LogP contribution in [0.2, 0.25) is 51.4 Å². The van der Waals surface area contributed by atoms with Crippen LogP contribution in [0, 0.1) is 36.5 Å². The molecular weight excluding hydrogens is 1110 g/mol. The van der Waals surface area contributed by atoms with Crippen molar-refractivity contribution in [1.29, 1.82) is 10.5 Å². The number of hydrogen-bond donors (Lipinski definition) is 0. The Morgan fingerprint density at radius 3 is 1.38 bits per heavy atom. The number of carbonyl (C=O) groups excluding carboxylic acids is 2. The standard InChI is InChI=1S/C27H42NO7PSi.C21H31BrO4Si.C6H12NO3P.CH4/c1-9-20(16-21(17-28)36(30,34-10-2)35-11-3)12-13-22-25(31-5)19(4)23-18-33-27(29)24(23)26(22)32-14-15-37(6,7)8;1-7-15(12-22)8-9-16-19(24-3)14(2)17-13-26-21(23)18(17)20(16)25-10-11-27(4,5)6;1-3-9-11(8,6-5-7)10-4-2;/h12,21H,9-11,13-16,18H2,1-8H3;8H,7,9-13H2,1-6H3;3-4,6H2,1-2H3;1H4/b20-12+;15-8+;;. The first kappa shape index (κ1) is 70.3. The molecule has 1 unspecified atom stereocenters. The number of allylic oxidation sites excluding steroid dienone is 4. The molecule has 21 heteroatoms. The van der Waals surface area contributed by atoms with Crippen LogP contribution in [-0.4, -0.2) is 99.1 Å². The number of hydrogen-bond acceptors (Lipinski definition) is 16. The molecule has 0 fully saturated rings. The molecule has 0 N–H and O–H groups in total. The SMILES string of the molecule is C.CC/C(=C\Cc1c(OC)c(C)c2c(c1OCC[Si](C)(C)C)C(=O)OC2)CBr.CCOP(=O)(CC#N)OCC.CCOP(=O)(OCC)C(C#N)C/C(=C/Cc1c(OC)c(C)c2c(c1OCC[Si](C)(C)C)C(=O)OC2)CC. The van der Waals surface area contributed by atoms with Gasteiger partial charge >= 0.3 is 27.1 Å². The molecule has 76 heavy (non-hydrogen) atoms. The predicted molar refractivity (Wildman–Crippen MR) is 312 cm³/mol. The van der Waals surface area contributed by atoms with Crippen molar-refractivity contribution >= 4 is 59.2 Å². The topological polar surface area (TPSA) is 208 Å². The molecule has 0 radical (unpaired) electrons. The first-order chi connectivity index (χ1) is 35.4. The maximum absolute atomic E-state index is 13.3. The largest absolute Gasteiger partial charge is 0.496 e. The van der Waals surface area contributed by atoms with Gasteiger partial charge in [-0.15, -0.1) is 0 Å². The molecule has 2 aliphatic heterocycles. The molecule has 2 aromatic carbocycles. The number of methoxy groups -OCH3 is 2. The zero-order valence-corrected chi connectivity index (χ0v) is 53.0. The molecule has 0 saturated heterocycles. The van der Waals surface area contributed by atoms with Gasteiger partial charge in [0.15, 0.2) is 5.66 Å². The van der Waals surface area contributed by atoms with E-state index in [0.717, 1.165) is 68.5 Å². The lowest BCUT2D eigenvalue weighted by atomic mass is 9.94. The lowest BCUT2D eigenvalue weighted by Gasteiger charge is -2.23. The highest BCUT2D eigenvalue weighted by atomic mass is 79.9. The average molecular weight is 1200 g/mol. The van der Waals surface area contributed by atoms with E-state index in [9.17, 15) is 24.0 Å². The first-order valence-corrected chi connectivity index (χ1v) is 37.7. The van der Waals surface area contributed by atoms with Crippen LogP contribution in [0.1, 0.15) is 122 Å². The minimum absolute atomic E-state index is 0. The van der Waals surface area contributed by atoms with Crippen molar-refractivity contribution in [3.63, 3.8) is 0 Å². The molecule has 0 saturated carbocycles. The Labute approximate surface area is 466 Å². The summed E-state index contributed by atoms with van der Waals surface area (Å²) in [5.41, 5.74) is 7.62. The lowest BCUT2D eigenvalue weighted by Crippen LogP contribution is -2.23. The van der Waals surface area contributed by atoms with E-state index < -0.39 is 37.0 Å². The summed E-state index contributed by atoms with van der Waals surface area (Å²) in [4.78, 5) is 25.2. The third-order valence-corrected chi connectivity index (χ3v) is 20.5. The van der Waals surface area contributed by atoms with Crippen molar-refractivity contribution in [2.75, 3.05) is 65.4 Å². The van der Waals surface area contributed by atoms with Gasteiger partial charge in [-0.25, -0.2) is 9.59 Å². The molecular formula is C55H89BrN2O14P2Si2. The zero-order valence-electron chi connectivity index (χ0n) is 47.6. The number of nitrogens with zero attached hydrogens (tertiary/aromatic N) is 2. The second kappa shape index (κ2) is 33.6. The number of cyclic esters (lactones) is 2. The van der Waals surface area contributed by atoms with Crippen molar-refractivity contribution in [3.8, 4) is 35.1 Å². The Bertz CT molecular complexity index is 2470. The highest BCUT2D eigenvalue weighted by molar-refractivity contribution is 9.09. The normalized spacial score (nSPS) is 13.8. The van der Waals surface area contributed by atoms with Crippen LogP contribution < -0.4 is 18.9 Å². The van der Waals surface area contributed by atoms with Crippen LogP contribution in [0.15, 0.2) is 23.3 Å². The number of rotatable bonds is 29. The summed E-state index contributed by atoms with van der Waals surface area (Å²) in [5.74, 6) is 1.95. The van der Waals surface area contributed by atoms with E-state index in [-0.39, 0.29) is 51.8 Å². The fourth-order valence-corrected chi connectivity index (χ4v) is 13.1. The summed E-state index contributed by atoms with van der Waals surface area (Å²) in [6.07, 6.45) is 7.00. The minimum Gasteiger partial charge on any atom is -0.496 e. The van der Waals surface area contributed by atoms with E-state index in [2.05, 4.69) is 74.3 Å². The highest BCUT2D eigenvalue weighted by Gasteiger charge is 2.38. The maximum Gasteiger partial charge on any atom is 0.348 e. The number of benzene rings is 2. The van der Waals surface area contributed by atoms with Gasteiger partial charge in [-0.05, 0) is 96.9 Å². The molecule has 16 nitrogen and oxygen atoms in total. The Balaban J connectivity index is 0.000000646. The number of ether oxygens (including phenoxy) is 6. The van der Waals surface area contributed by atoms with Gasteiger partial charge in [-0.1, -0.05) is 99.8 Å². The van der Waals surface area contributed by atoms with Gasteiger partial charge in [0.1, 0.15) is 53.5 Å². The van der Waals surface area contributed by atoms with Crippen molar-refractivity contribution in [3.05, 3.63) is 67.8 Å². The second-order valence-electron chi connectivity index (χ2n) is 20.1. The quantitative estimate of drug-likeness (QED) is 0.0244. The van der Waals surface area contributed by atoms with Gasteiger partial charge in [0.2, 0.25) is 0 Å². The molecule has 0 spiro atoms. The Morgan fingerprint density at radius 2 is 1.07 bits per heavy atom. The summed E-state index contributed by atoms with van der Waals surface area (Å²) in [6.45, 7) is 31.3. The second-order valence-corrected chi connectivity index (χ2v) is 36.1. The van der Waals surface area contributed by atoms with E-state index >= 15 is 0 Å². The fourth-order valence-electron chi connectivity index (χ4n) is 8.08. The van der Waals surface area contributed by atoms with Crippen LogP contribution >= 0.6 is 31.1 Å². The van der Waals surface area contributed by atoms with E-state index in [1.165, 1.54) is 5.57 Å². The highest BCUT2D eigenvalue weighted by Crippen LogP contribution is 2.55. The maximum atomic E-state index is 13.3. The number of carbonyl (C=O) groups is 2. The van der Waals surface area contributed by atoms with Gasteiger partial charge in [0.25, 0.3) is 0 Å². The van der Waals surface area contributed by atoms with Crippen molar-refractivity contribution in [2.45, 2.75) is 165 Å². The summed E-state index contributed by atoms with van der Waals surface area (Å²) < 4.78 is 79.9. The third kappa shape index (κ3) is 20.5. The molecule has 4 rings (SSSR count). The summed E-state index contributed by atoms with van der Waals surface area (Å²) in [5, 5.41) is 18.9. The van der Waals surface area contributed by atoms with Crippen molar-refractivity contribution in [2.24, 2.45) is 0 Å². The van der Waals surface area contributed by atoms with Gasteiger partial charge in [0.05, 0.1) is 66.0 Å². The van der Waals surface area contributed by atoms with Gasteiger partial charge in [0, 0.05) is 43.7 Å². The molecule has 0 aliphatic carbocycles. The van der Waals surface area contributed by atoms with Crippen molar-refractivity contribution in [1.82, 2.24) is 0 Å². The number of alkyl halides is 1. The van der Waals surface area contributed by atoms with E-state index in [1.54, 1.807) is 48.0 Å². The van der Waals surface area contributed by atoms with Crippen LogP contribution in [0.4, 0.5) is 0 Å². The Morgan fingerprint density at radius 1 is 0.671 bits per heavy atom. The smallest absolute Gasteiger partial charge is 0.348 e. The van der Waals surface area contributed by atoms with Crippen LogP contribution in [0.3, 0.4) is 0 Å². The molecule has 2 aliphatic rings. The molecule has 0 aromatic heterocycles. The Kier molecular flexibility index (Phi) is 31.1. The molecule has 2 aromatic rings. The molecule has 0 amide bonds. The van der Waals surface area contributed by atoms with Crippen LogP contribution in [0.5, 0.6) is 23.0 Å². The molecule has 0 bridgehead atoms. The Hall–Kier alpha value is -3.75. The third-order valence-electron chi connectivity index (χ3n) is 12.2. The van der Waals surface area contributed by atoms with Gasteiger partial charge in [-0.2, -0.15) is 10.5 Å². The number of nitriles is 2. The van der Waals surface area contributed by atoms with Crippen LogP contribution in [-0.2, 0) is 62.8 Å². The van der Waals surface area contributed by atoms with Gasteiger partial charge < -0.3 is 46.5 Å². The van der Waals surface area contributed by atoms with E-state index in [0.29, 0.717) is 80.7 Å². The first-order valence-electron chi connectivity index (χ1n) is 25.9.